The lowest BCUT2D eigenvalue weighted by molar-refractivity contribution is -0.119. The Morgan fingerprint density at radius 1 is 1.16 bits per heavy atom. The van der Waals surface area contributed by atoms with E-state index in [1.54, 1.807) is 12.1 Å². The molecule has 0 N–H and O–H groups in total. The zero-order valence-corrected chi connectivity index (χ0v) is 10.2. The van der Waals surface area contributed by atoms with Gasteiger partial charge in [-0.25, -0.2) is 4.90 Å². The van der Waals surface area contributed by atoms with Crippen molar-refractivity contribution in [1.29, 1.82) is 0 Å². The summed E-state index contributed by atoms with van der Waals surface area (Å²) >= 11 is 0. The van der Waals surface area contributed by atoms with E-state index >= 15 is 0 Å². The Kier molecular flexibility index (Phi) is 3.15. The molecule has 1 fully saturated rings. The van der Waals surface area contributed by atoms with Gasteiger partial charge in [0.2, 0.25) is 0 Å². The van der Waals surface area contributed by atoms with Gasteiger partial charge in [-0.3, -0.25) is 9.59 Å². The normalized spacial score (nSPS) is 21.3. The van der Waals surface area contributed by atoms with Crippen LogP contribution >= 0.6 is 0 Å². The number of epoxide rings is 1. The molecule has 0 saturated carbocycles. The standard InChI is InChI=1S/C14H13NO4/c16-13-5-6-14(17)15(13)11-3-1-10(2-4-11)7-18-8-12-9-19-12/h1-6,12H,7-9H2. The van der Waals surface area contributed by atoms with Crippen LogP contribution in [-0.2, 0) is 25.7 Å². The van der Waals surface area contributed by atoms with Crippen LogP contribution in [0.4, 0.5) is 5.69 Å². The highest BCUT2D eigenvalue weighted by Crippen LogP contribution is 2.20. The molecule has 5 heteroatoms. The van der Waals surface area contributed by atoms with Crippen LogP contribution in [0, 0.1) is 0 Å². The second-order valence-corrected chi connectivity index (χ2v) is 4.48. The largest absolute Gasteiger partial charge is 0.374 e. The number of rotatable bonds is 5. The highest BCUT2D eigenvalue weighted by Gasteiger charge is 2.25. The average molecular weight is 259 g/mol. The Bertz CT molecular complexity index is 513. The molecule has 0 aliphatic carbocycles. The Labute approximate surface area is 110 Å². The van der Waals surface area contributed by atoms with E-state index in [0.717, 1.165) is 17.1 Å². The van der Waals surface area contributed by atoms with E-state index in [0.29, 0.717) is 18.9 Å². The van der Waals surface area contributed by atoms with Crippen LogP contribution in [0.2, 0.25) is 0 Å². The van der Waals surface area contributed by atoms with Crippen molar-refractivity contribution in [3.8, 4) is 0 Å². The second kappa shape index (κ2) is 4.95. The molecule has 5 nitrogen and oxygen atoms in total. The molecular formula is C14H13NO4. The lowest BCUT2D eigenvalue weighted by atomic mass is 10.2. The van der Waals surface area contributed by atoms with Crippen LogP contribution in [0.3, 0.4) is 0 Å². The van der Waals surface area contributed by atoms with E-state index in [9.17, 15) is 9.59 Å². The number of anilines is 1. The third-order valence-electron chi connectivity index (χ3n) is 2.98. The number of benzene rings is 1. The summed E-state index contributed by atoms with van der Waals surface area (Å²) in [6.07, 6.45) is 2.80. The van der Waals surface area contributed by atoms with Crippen LogP contribution < -0.4 is 4.90 Å². The van der Waals surface area contributed by atoms with E-state index in [-0.39, 0.29) is 17.9 Å². The minimum atomic E-state index is -0.306. The zero-order chi connectivity index (χ0) is 13.2. The molecule has 1 aromatic rings. The van der Waals surface area contributed by atoms with Gasteiger partial charge in [-0.05, 0) is 17.7 Å². The summed E-state index contributed by atoms with van der Waals surface area (Å²) in [4.78, 5) is 24.1. The number of imide groups is 1. The quantitative estimate of drug-likeness (QED) is 0.585. The molecule has 2 aliphatic rings. The second-order valence-electron chi connectivity index (χ2n) is 4.48. The summed E-state index contributed by atoms with van der Waals surface area (Å²) < 4.78 is 10.5. The summed E-state index contributed by atoms with van der Waals surface area (Å²) in [7, 11) is 0. The molecule has 0 bridgehead atoms. The van der Waals surface area contributed by atoms with Gasteiger partial charge >= 0.3 is 0 Å². The lowest BCUT2D eigenvalue weighted by Crippen LogP contribution is -2.29. The fraction of sp³-hybridized carbons (Fsp3) is 0.286. The first-order chi connectivity index (χ1) is 9.24. The van der Waals surface area contributed by atoms with Crippen LogP contribution in [-0.4, -0.2) is 31.1 Å². The van der Waals surface area contributed by atoms with E-state index in [1.807, 2.05) is 12.1 Å². The maximum absolute atomic E-state index is 11.5. The Morgan fingerprint density at radius 3 is 2.37 bits per heavy atom. The monoisotopic (exact) mass is 259 g/mol. The van der Waals surface area contributed by atoms with Gasteiger partial charge < -0.3 is 9.47 Å². The fourth-order valence-electron chi connectivity index (χ4n) is 1.87. The number of carbonyl (C=O) groups is 2. The van der Waals surface area contributed by atoms with Crippen LogP contribution in [0.5, 0.6) is 0 Å². The Balaban J connectivity index is 1.61. The third kappa shape index (κ3) is 2.72. The van der Waals surface area contributed by atoms with E-state index in [1.165, 1.54) is 12.2 Å². The zero-order valence-electron chi connectivity index (χ0n) is 10.2. The average Bonchev–Trinajstić information content (AvgIpc) is 3.17. The van der Waals surface area contributed by atoms with Gasteiger partial charge in [-0.15, -0.1) is 0 Å². The topological polar surface area (TPSA) is 59.1 Å². The molecule has 2 aliphatic heterocycles. The van der Waals surface area contributed by atoms with E-state index < -0.39 is 0 Å². The van der Waals surface area contributed by atoms with Crippen molar-refractivity contribution in [2.24, 2.45) is 0 Å². The summed E-state index contributed by atoms with van der Waals surface area (Å²) in [5.74, 6) is -0.611. The number of nitrogens with zero attached hydrogens (tertiary/aromatic N) is 1. The van der Waals surface area contributed by atoms with Gasteiger partial charge in [0.05, 0.1) is 25.5 Å². The molecule has 0 spiro atoms. The molecule has 0 radical (unpaired) electrons. The number of ether oxygens (including phenoxy) is 2. The number of hydrogen-bond donors (Lipinski definition) is 0. The molecule has 19 heavy (non-hydrogen) atoms. The highest BCUT2D eigenvalue weighted by molar-refractivity contribution is 6.28. The Hall–Kier alpha value is -1.98. The van der Waals surface area contributed by atoms with Gasteiger partial charge in [0.1, 0.15) is 6.10 Å². The molecule has 1 aromatic carbocycles. The van der Waals surface area contributed by atoms with Crippen LogP contribution in [0.1, 0.15) is 5.56 Å². The summed E-state index contributed by atoms with van der Waals surface area (Å²) in [6.45, 7) is 1.89. The SMILES string of the molecule is O=C1C=CC(=O)N1c1ccc(COCC2CO2)cc1. The van der Waals surface area contributed by atoms with Crippen LogP contribution in [0.25, 0.3) is 0 Å². The number of hydrogen-bond acceptors (Lipinski definition) is 4. The smallest absolute Gasteiger partial charge is 0.258 e. The van der Waals surface area contributed by atoms with Crippen molar-refractivity contribution in [2.45, 2.75) is 12.7 Å². The predicted molar refractivity (Wildman–Crippen MR) is 67.5 cm³/mol. The Morgan fingerprint density at radius 2 is 1.79 bits per heavy atom. The van der Waals surface area contributed by atoms with Crippen LogP contribution in [0.15, 0.2) is 36.4 Å². The van der Waals surface area contributed by atoms with Crippen molar-refractivity contribution in [3.05, 3.63) is 42.0 Å². The van der Waals surface area contributed by atoms with Gasteiger partial charge in [-0.1, -0.05) is 12.1 Å². The maximum Gasteiger partial charge on any atom is 0.258 e. The number of amides is 2. The first-order valence-corrected chi connectivity index (χ1v) is 6.08. The van der Waals surface area contributed by atoms with Crippen molar-refractivity contribution in [1.82, 2.24) is 0 Å². The number of carbonyl (C=O) groups excluding carboxylic acids is 2. The molecule has 2 heterocycles. The van der Waals surface area contributed by atoms with Gasteiger partial charge in [-0.2, -0.15) is 0 Å². The maximum atomic E-state index is 11.5. The molecule has 2 amide bonds. The van der Waals surface area contributed by atoms with Gasteiger partial charge in [0.15, 0.2) is 0 Å². The first kappa shape index (κ1) is 12.1. The summed E-state index contributed by atoms with van der Waals surface area (Å²) in [5, 5.41) is 0. The molecule has 1 atom stereocenters. The van der Waals surface area contributed by atoms with Gasteiger partial charge in [0, 0.05) is 12.2 Å². The minimum absolute atomic E-state index is 0.255. The highest BCUT2D eigenvalue weighted by atomic mass is 16.6. The first-order valence-electron chi connectivity index (χ1n) is 6.08. The molecule has 1 saturated heterocycles. The molecule has 3 rings (SSSR count). The molecule has 98 valence electrons. The molecule has 0 aromatic heterocycles. The molecule has 1 unspecified atom stereocenters. The van der Waals surface area contributed by atoms with E-state index in [4.69, 9.17) is 9.47 Å². The van der Waals surface area contributed by atoms with Crippen molar-refractivity contribution in [2.75, 3.05) is 18.1 Å². The minimum Gasteiger partial charge on any atom is -0.374 e. The van der Waals surface area contributed by atoms with Crippen molar-refractivity contribution < 1.29 is 19.1 Å². The third-order valence-corrected chi connectivity index (χ3v) is 2.98. The lowest BCUT2D eigenvalue weighted by Gasteiger charge is -2.14. The summed E-state index contributed by atoms with van der Waals surface area (Å²) in [6, 6.07) is 7.19. The predicted octanol–water partition coefficient (Wildman–Crippen LogP) is 1.03. The van der Waals surface area contributed by atoms with E-state index in [2.05, 4.69) is 0 Å². The summed E-state index contributed by atoms with van der Waals surface area (Å²) in [5.41, 5.74) is 1.57. The van der Waals surface area contributed by atoms with Crippen molar-refractivity contribution >= 4 is 17.5 Å². The fourth-order valence-corrected chi connectivity index (χ4v) is 1.87. The van der Waals surface area contributed by atoms with Gasteiger partial charge in [0.25, 0.3) is 11.8 Å². The molecular weight excluding hydrogens is 246 g/mol. The van der Waals surface area contributed by atoms with Crippen molar-refractivity contribution in [3.63, 3.8) is 0 Å².